The van der Waals surface area contributed by atoms with Gasteiger partial charge in [0.05, 0.1) is 12.1 Å². The zero-order valence-corrected chi connectivity index (χ0v) is 8.11. The first-order chi connectivity index (χ1) is 6.77. The predicted octanol–water partition coefficient (Wildman–Crippen LogP) is 1.05. The van der Waals surface area contributed by atoms with Crippen LogP contribution in [0.25, 0.3) is 0 Å². The van der Waals surface area contributed by atoms with Crippen molar-refractivity contribution in [3.8, 4) is 0 Å². The Morgan fingerprint density at radius 2 is 2.29 bits per heavy atom. The number of piperidine rings is 1. The first-order valence-electron chi connectivity index (χ1n) is 5.04. The van der Waals surface area contributed by atoms with Crippen LogP contribution in [0.1, 0.15) is 24.4 Å². The highest BCUT2D eigenvalue weighted by molar-refractivity contribution is 5.42. The van der Waals surface area contributed by atoms with Crippen LogP contribution in [0.5, 0.6) is 0 Å². The van der Waals surface area contributed by atoms with Crippen LogP contribution in [0, 0.1) is 0 Å². The maximum atomic E-state index is 9.81. The van der Waals surface area contributed by atoms with Crippen molar-refractivity contribution < 1.29 is 5.11 Å². The van der Waals surface area contributed by atoms with Crippen LogP contribution < -0.4 is 11.1 Å². The van der Waals surface area contributed by atoms with Crippen LogP contribution in [0.2, 0.25) is 0 Å². The lowest BCUT2D eigenvalue weighted by atomic mass is 9.94. The third-order valence-electron chi connectivity index (χ3n) is 2.70. The van der Waals surface area contributed by atoms with Gasteiger partial charge in [-0.25, -0.2) is 0 Å². The van der Waals surface area contributed by atoms with Gasteiger partial charge in [-0.05, 0) is 37.1 Å². The second-order valence-electron chi connectivity index (χ2n) is 3.81. The Kier molecular flexibility index (Phi) is 2.70. The van der Waals surface area contributed by atoms with Gasteiger partial charge in [-0.1, -0.05) is 12.1 Å². The van der Waals surface area contributed by atoms with E-state index in [0.29, 0.717) is 0 Å². The molecule has 1 aromatic carbocycles. The van der Waals surface area contributed by atoms with E-state index < -0.39 is 0 Å². The van der Waals surface area contributed by atoms with Crippen molar-refractivity contribution in [2.75, 3.05) is 12.3 Å². The summed E-state index contributed by atoms with van der Waals surface area (Å²) >= 11 is 0. The van der Waals surface area contributed by atoms with Crippen molar-refractivity contribution in [3.05, 3.63) is 29.8 Å². The molecule has 1 saturated heterocycles. The number of aliphatic hydroxyl groups excluding tert-OH is 1. The summed E-state index contributed by atoms with van der Waals surface area (Å²) in [5.41, 5.74) is 7.53. The number of nitrogens with one attached hydrogen (secondary N) is 1. The summed E-state index contributed by atoms with van der Waals surface area (Å²) in [6.07, 6.45) is 1.62. The third kappa shape index (κ3) is 1.89. The summed E-state index contributed by atoms with van der Waals surface area (Å²) in [5, 5.41) is 13.1. The average Bonchev–Trinajstić information content (AvgIpc) is 2.18. The third-order valence-corrected chi connectivity index (χ3v) is 2.70. The van der Waals surface area contributed by atoms with Crippen LogP contribution in [-0.4, -0.2) is 17.8 Å². The molecular formula is C11H16N2O. The molecule has 0 aliphatic carbocycles. The van der Waals surface area contributed by atoms with Gasteiger partial charge < -0.3 is 16.2 Å². The molecule has 14 heavy (non-hydrogen) atoms. The van der Waals surface area contributed by atoms with Gasteiger partial charge in [-0.3, -0.25) is 0 Å². The van der Waals surface area contributed by atoms with Crippen molar-refractivity contribution >= 4 is 5.69 Å². The molecule has 3 heteroatoms. The fourth-order valence-electron chi connectivity index (χ4n) is 1.96. The summed E-state index contributed by atoms with van der Waals surface area (Å²) in [4.78, 5) is 0. The highest BCUT2D eigenvalue weighted by Gasteiger charge is 2.23. The monoisotopic (exact) mass is 192 g/mol. The smallest absolute Gasteiger partial charge is 0.0735 e. The lowest BCUT2D eigenvalue weighted by molar-refractivity contribution is 0.0966. The van der Waals surface area contributed by atoms with Gasteiger partial charge in [0.2, 0.25) is 0 Å². The van der Waals surface area contributed by atoms with E-state index in [1.165, 1.54) is 0 Å². The predicted molar refractivity (Wildman–Crippen MR) is 56.8 cm³/mol. The molecular weight excluding hydrogens is 176 g/mol. The summed E-state index contributed by atoms with van der Waals surface area (Å²) < 4.78 is 0. The fraction of sp³-hybridized carbons (Fsp3) is 0.455. The maximum absolute atomic E-state index is 9.81. The minimum absolute atomic E-state index is 0.0484. The summed E-state index contributed by atoms with van der Waals surface area (Å²) in [6.45, 7) is 0.969. The number of aliphatic hydroxyl groups is 1. The Balaban J connectivity index is 2.20. The Morgan fingerprint density at radius 1 is 1.43 bits per heavy atom. The van der Waals surface area contributed by atoms with Crippen LogP contribution in [0.3, 0.4) is 0 Å². The number of anilines is 1. The summed E-state index contributed by atoms with van der Waals surface area (Å²) in [5.74, 6) is 0. The molecule has 76 valence electrons. The van der Waals surface area contributed by atoms with Crippen molar-refractivity contribution in [1.29, 1.82) is 0 Å². The van der Waals surface area contributed by atoms with E-state index in [1.54, 1.807) is 0 Å². The number of hydrogen-bond donors (Lipinski definition) is 3. The number of hydrogen-bond acceptors (Lipinski definition) is 3. The Morgan fingerprint density at radius 3 is 3.00 bits per heavy atom. The quantitative estimate of drug-likeness (QED) is 0.583. The van der Waals surface area contributed by atoms with Gasteiger partial charge in [-0.15, -0.1) is 0 Å². The van der Waals surface area contributed by atoms with Crippen molar-refractivity contribution in [3.63, 3.8) is 0 Å². The molecule has 0 radical (unpaired) electrons. The molecule has 2 rings (SSSR count). The lowest BCUT2D eigenvalue weighted by Gasteiger charge is -2.29. The van der Waals surface area contributed by atoms with Gasteiger partial charge in [0.1, 0.15) is 0 Å². The molecule has 0 spiro atoms. The fourth-order valence-corrected chi connectivity index (χ4v) is 1.96. The van der Waals surface area contributed by atoms with Crippen LogP contribution >= 0.6 is 0 Å². The number of benzene rings is 1. The van der Waals surface area contributed by atoms with Crippen LogP contribution in [-0.2, 0) is 0 Å². The second-order valence-corrected chi connectivity index (χ2v) is 3.81. The van der Waals surface area contributed by atoms with Crippen molar-refractivity contribution in [1.82, 2.24) is 5.32 Å². The van der Waals surface area contributed by atoms with Gasteiger partial charge in [-0.2, -0.15) is 0 Å². The van der Waals surface area contributed by atoms with Gasteiger partial charge in [0, 0.05) is 5.69 Å². The topological polar surface area (TPSA) is 58.3 Å². The number of nitrogens with two attached hydrogens (primary N) is 1. The number of rotatable bonds is 1. The van der Waals surface area contributed by atoms with Crippen LogP contribution in [0.15, 0.2) is 24.3 Å². The van der Waals surface area contributed by atoms with Crippen molar-refractivity contribution in [2.24, 2.45) is 0 Å². The van der Waals surface area contributed by atoms with Crippen LogP contribution in [0.4, 0.5) is 5.69 Å². The van der Waals surface area contributed by atoms with Crippen molar-refractivity contribution in [2.45, 2.75) is 25.0 Å². The maximum Gasteiger partial charge on any atom is 0.0735 e. The molecule has 1 aliphatic heterocycles. The SMILES string of the molecule is Nc1cccc(C2NCCCC2O)c1. The molecule has 3 nitrogen and oxygen atoms in total. The zero-order valence-electron chi connectivity index (χ0n) is 8.11. The Bertz CT molecular complexity index is 314. The molecule has 1 heterocycles. The van der Waals surface area contributed by atoms with E-state index in [1.807, 2.05) is 24.3 Å². The van der Waals surface area contributed by atoms with E-state index >= 15 is 0 Å². The molecule has 2 unspecified atom stereocenters. The van der Waals surface area contributed by atoms with Gasteiger partial charge in [0.25, 0.3) is 0 Å². The normalized spacial score (nSPS) is 27.5. The van der Waals surface area contributed by atoms with Gasteiger partial charge in [0.15, 0.2) is 0 Å². The highest BCUT2D eigenvalue weighted by Crippen LogP contribution is 2.24. The Hall–Kier alpha value is -1.06. The first-order valence-corrected chi connectivity index (χ1v) is 5.04. The average molecular weight is 192 g/mol. The lowest BCUT2D eigenvalue weighted by Crippen LogP contribution is -2.37. The standard InChI is InChI=1S/C11H16N2O/c12-9-4-1-3-8(7-9)11-10(14)5-2-6-13-11/h1,3-4,7,10-11,13-14H,2,5-6,12H2. The minimum Gasteiger partial charge on any atom is -0.399 e. The summed E-state index contributed by atoms with van der Waals surface area (Å²) in [6, 6.07) is 7.76. The molecule has 4 N–H and O–H groups in total. The largest absolute Gasteiger partial charge is 0.399 e. The molecule has 2 atom stereocenters. The summed E-state index contributed by atoms with van der Waals surface area (Å²) in [7, 11) is 0. The highest BCUT2D eigenvalue weighted by atomic mass is 16.3. The second kappa shape index (κ2) is 3.98. The zero-order chi connectivity index (χ0) is 9.97. The number of nitrogen functional groups attached to an aromatic ring is 1. The molecule has 0 bridgehead atoms. The van der Waals surface area contributed by atoms with E-state index in [9.17, 15) is 5.11 Å². The van der Waals surface area contributed by atoms with E-state index in [-0.39, 0.29) is 12.1 Å². The molecule has 0 amide bonds. The Labute approximate surface area is 83.9 Å². The first kappa shape index (κ1) is 9.49. The van der Waals surface area contributed by atoms with E-state index in [4.69, 9.17) is 5.73 Å². The molecule has 1 aromatic rings. The molecule has 1 fully saturated rings. The minimum atomic E-state index is -0.287. The molecule has 1 aliphatic rings. The van der Waals surface area contributed by atoms with E-state index in [0.717, 1.165) is 30.6 Å². The van der Waals surface area contributed by atoms with E-state index in [2.05, 4.69) is 5.32 Å². The molecule has 0 aromatic heterocycles. The molecule has 0 saturated carbocycles. The van der Waals surface area contributed by atoms with Gasteiger partial charge >= 0.3 is 0 Å².